The third-order valence-corrected chi connectivity index (χ3v) is 4.53. The van der Waals surface area contributed by atoms with Crippen molar-refractivity contribution in [2.24, 2.45) is 0 Å². The van der Waals surface area contributed by atoms with E-state index in [1.807, 2.05) is 17.0 Å². The zero-order valence-corrected chi connectivity index (χ0v) is 14.6. The molecular weight excluding hydrogens is 334 g/mol. The minimum atomic E-state index is -0.402. The lowest BCUT2D eigenvalue weighted by molar-refractivity contribution is -0.384. The molecule has 3 rings (SSSR count). The molecule has 136 valence electrons. The minimum absolute atomic E-state index is 0.00514. The molecule has 0 spiro atoms. The van der Waals surface area contributed by atoms with E-state index in [1.54, 1.807) is 31.4 Å². The molecule has 1 aliphatic rings. The Morgan fingerprint density at radius 2 is 1.85 bits per heavy atom. The van der Waals surface area contributed by atoms with Crippen molar-refractivity contribution in [1.82, 2.24) is 4.90 Å². The van der Waals surface area contributed by atoms with Crippen LogP contribution < -0.4 is 9.64 Å². The number of anilines is 1. The second kappa shape index (κ2) is 7.86. The van der Waals surface area contributed by atoms with Gasteiger partial charge in [-0.05, 0) is 36.8 Å². The summed E-state index contributed by atoms with van der Waals surface area (Å²) in [5, 5.41) is 10.8. The molecule has 0 N–H and O–H groups in total. The first-order valence-corrected chi connectivity index (χ1v) is 8.51. The molecule has 0 atom stereocenters. The van der Waals surface area contributed by atoms with E-state index in [9.17, 15) is 14.9 Å². The molecule has 1 heterocycles. The van der Waals surface area contributed by atoms with Crippen molar-refractivity contribution in [3.63, 3.8) is 0 Å². The van der Waals surface area contributed by atoms with Crippen molar-refractivity contribution in [2.45, 2.75) is 6.42 Å². The quantitative estimate of drug-likeness (QED) is 0.622. The van der Waals surface area contributed by atoms with Crippen LogP contribution in [0.3, 0.4) is 0 Å². The number of carbonyl (C=O) groups excluding carboxylic acids is 1. The highest BCUT2D eigenvalue weighted by Crippen LogP contribution is 2.21. The van der Waals surface area contributed by atoms with E-state index in [2.05, 4.69) is 4.90 Å². The van der Waals surface area contributed by atoms with Gasteiger partial charge in [0.25, 0.3) is 11.6 Å². The fourth-order valence-corrected chi connectivity index (χ4v) is 3.10. The Balaban J connectivity index is 1.67. The number of hydrogen-bond donors (Lipinski definition) is 0. The van der Waals surface area contributed by atoms with Crippen LogP contribution in [-0.4, -0.2) is 49.0 Å². The van der Waals surface area contributed by atoms with Crippen molar-refractivity contribution >= 4 is 17.3 Å². The van der Waals surface area contributed by atoms with Gasteiger partial charge in [0.05, 0.1) is 12.0 Å². The van der Waals surface area contributed by atoms with Crippen LogP contribution in [0.15, 0.2) is 48.5 Å². The molecule has 0 saturated carbocycles. The maximum atomic E-state index is 12.8. The summed E-state index contributed by atoms with van der Waals surface area (Å²) in [7, 11) is 1.58. The number of non-ortho nitro benzene ring substituents is 1. The van der Waals surface area contributed by atoms with Gasteiger partial charge in [0.2, 0.25) is 0 Å². The number of methoxy groups -OCH3 is 1. The lowest BCUT2D eigenvalue weighted by Crippen LogP contribution is -2.35. The Bertz CT molecular complexity index is 792. The molecule has 0 aromatic heterocycles. The number of rotatable bonds is 4. The van der Waals surface area contributed by atoms with Gasteiger partial charge in [-0.1, -0.05) is 6.07 Å². The maximum absolute atomic E-state index is 12.8. The number of carbonyl (C=O) groups is 1. The summed E-state index contributed by atoms with van der Waals surface area (Å²) >= 11 is 0. The van der Waals surface area contributed by atoms with E-state index in [-0.39, 0.29) is 11.6 Å². The number of nitrogens with zero attached hydrogens (tertiary/aromatic N) is 3. The zero-order chi connectivity index (χ0) is 18.5. The Hall–Kier alpha value is -3.09. The number of benzene rings is 2. The number of nitro benzene ring substituents is 1. The van der Waals surface area contributed by atoms with Gasteiger partial charge in [-0.3, -0.25) is 14.9 Å². The van der Waals surface area contributed by atoms with Crippen molar-refractivity contribution < 1.29 is 14.5 Å². The molecule has 1 amide bonds. The number of nitro groups is 1. The van der Waals surface area contributed by atoms with Gasteiger partial charge in [0.1, 0.15) is 5.75 Å². The molecule has 2 aromatic carbocycles. The monoisotopic (exact) mass is 355 g/mol. The standard InChI is InChI=1S/C19H21N3O4/c1-26-18-5-2-4-15(14-18)19(23)21-11-3-10-20(12-13-21)16-6-8-17(9-7-16)22(24)25/h2,4-9,14H,3,10-13H2,1H3. The minimum Gasteiger partial charge on any atom is -0.497 e. The second-order valence-electron chi connectivity index (χ2n) is 6.14. The van der Waals surface area contributed by atoms with Crippen LogP contribution in [0, 0.1) is 10.1 Å². The van der Waals surface area contributed by atoms with Crippen molar-refractivity contribution in [3.05, 3.63) is 64.2 Å². The average molecular weight is 355 g/mol. The van der Waals surface area contributed by atoms with Crippen LogP contribution in [0.2, 0.25) is 0 Å². The highest BCUT2D eigenvalue weighted by molar-refractivity contribution is 5.94. The number of hydrogen-bond acceptors (Lipinski definition) is 5. The molecule has 1 fully saturated rings. The Morgan fingerprint density at radius 3 is 2.54 bits per heavy atom. The van der Waals surface area contributed by atoms with Gasteiger partial charge in [-0.25, -0.2) is 0 Å². The van der Waals surface area contributed by atoms with Crippen LogP contribution >= 0.6 is 0 Å². The molecule has 2 aromatic rings. The van der Waals surface area contributed by atoms with Crippen molar-refractivity contribution in [2.75, 3.05) is 38.2 Å². The molecule has 1 aliphatic heterocycles. The summed E-state index contributed by atoms with van der Waals surface area (Å²) < 4.78 is 5.19. The van der Waals surface area contributed by atoms with E-state index in [4.69, 9.17) is 4.74 Å². The van der Waals surface area contributed by atoms with E-state index in [0.29, 0.717) is 30.9 Å². The summed E-state index contributed by atoms with van der Waals surface area (Å²) in [4.78, 5) is 27.1. The SMILES string of the molecule is COc1cccc(C(=O)N2CCCN(c3ccc([N+](=O)[O-])cc3)CC2)c1. The van der Waals surface area contributed by atoms with E-state index in [0.717, 1.165) is 18.7 Å². The molecule has 0 aliphatic carbocycles. The van der Waals surface area contributed by atoms with Gasteiger partial charge < -0.3 is 14.5 Å². The van der Waals surface area contributed by atoms with Crippen LogP contribution in [0.5, 0.6) is 5.75 Å². The highest BCUT2D eigenvalue weighted by Gasteiger charge is 2.21. The van der Waals surface area contributed by atoms with Gasteiger partial charge in [0.15, 0.2) is 0 Å². The van der Waals surface area contributed by atoms with E-state index < -0.39 is 4.92 Å². The summed E-state index contributed by atoms with van der Waals surface area (Å²) in [6.45, 7) is 2.78. The highest BCUT2D eigenvalue weighted by atomic mass is 16.6. The Labute approximate surface area is 151 Å². The second-order valence-corrected chi connectivity index (χ2v) is 6.14. The lowest BCUT2D eigenvalue weighted by Gasteiger charge is -2.23. The predicted molar refractivity (Wildman–Crippen MR) is 98.8 cm³/mol. The number of ether oxygens (including phenoxy) is 1. The molecular formula is C19H21N3O4. The van der Waals surface area contributed by atoms with Crippen LogP contribution in [0.1, 0.15) is 16.8 Å². The summed E-state index contributed by atoms with van der Waals surface area (Å²) in [5.41, 5.74) is 1.64. The molecule has 1 saturated heterocycles. The van der Waals surface area contributed by atoms with Gasteiger partial charge in [-0.2, -0.15) is 0 Å². The van der Waals surface area contributed by atoms with E-state index >= 15 is 0 Å². The maximum Gasteiger partial charge on any atom is 0.269 e. The normalized spacial score (nSPS) is 14.7. The molecule has 7 heteroatoms. The van der Waals surface area contributed by atoms with Crippen LogP contribution in [-0.2, 0) is 0 Å². The predicted octanol–water partition coefficient (Wildman–Crippen LogP) is 2.96. The van der Waals surface area contributed by atoms with Crippen LogP contribution in [0.4, 0.5) is 11.4 Å². The fourth-order valence-electron chi connectivity index (χ4n) is 3.10. The average Bonchev–Trinajstić information content (AvgIpc) is 2.93. The summed E-state index contributed by atoms with van der Waals surface area (Å²) in [6.07, 6.45) is 0.840. The first-order valence-electron chi connectivity index (χ1n) is 8.51. The summed E-state index contributed by atoms with van der Waals surface area (Å²) in [5.74, 6) is 0.660. The smallest absolute Gasteiger partial charge is 0.269 e. The first kappa shape index (κ1) is 17.7. The first-order chi connectivity index (χ1) is 12.6. The lowest BCUT2D eigenvalue weighted by atomic mass is 10.2. The van der Waals surface area contributed by atoms with Gasteiger partial charge >= 0.3 is 0 Å². The largest absolute Gasteiger partial charge is 0.497 e. The van der Waals surface area contributed by atoms with Gasteiger partial charge in [0, 0.05) is 49.6 Å². The van der Waals surface area contributed by atoms with Crippen LogP contribution in [0.25, 0.3) is 0 Å². The third-order valence-electron chi connectivity index (χ3n) is 4.53. The number of amides is 1. The van der Waals surface area contributed by atoms with Crippen molar-refractivity contribution in [1.29, 1.82) is 0 Å². The molecule has 7 nitrogen and oxygen atoms in total. The third kappa shape index (κ3) is 3.93. The fraction of sp³-hybridized carbons (Fsp3) is 0.316. The summed E-state index contributed by atoms with van der Waals surface area (Å²) in [6, 6.07) is 13.7. The molecule has 0 bridgehead atoms. The Kier molecular flexibility index (Phi) is 5.36. The topological polar surface area (TPSA) is 75.9 Å². The van der Waals surface area contributed by atoms with Crippen molar-refractivity contribution in [3.8, 4) is 5.75 Å². The van der Waals surface area contributed by atoms with Gasteiger partial charge in [-0.15, -0.1) is 0 Å². The molecule has 0 unspecified atom stereocenters. The van der Waals surface area contributed by atoms with E-state index in [1.165, 1.54) is 12.1 Å². The zero-order valence-electron chi connectivity index (χ0n) is 14.6. The Morgan fingerprint density at radius 1 is 1.08 bits per heavy atom. The molecule has 26 heavy (non-hydrogen) atoms. The molecule has 0 radical (unpaired) electrons.